The van der Waals surface area contributed by atoms with Crippen molar-refractivity contribution in [2.45, 2.75) is 19.9 Å². The summed E-state index contributed by atoms with van der Waals surface area (Å²) in [6, 6.07) is 18.1. The zero-order valence-corrected chi connectivity index (χ0v) is 12.0. The Balaban J connectivity index is 1.81. The van der Waals surface area contributed by atoms with Crippen molar-refractivity contribution >= 4 is 16.6 Å². The van der Waals surface area contributed by atoms with Gasteiger partial charge in [0.2, 0.25) is 0 Å². The molecule has 3 nitrogen and oxygen atoms in total. The van der Waals surface area contributed by atoms with E-state index < -0.39 is 0 Å². The minimum absolute atomic E-state index is 0.0844. The van der Waals surface area contributed by atoms with Crippen LogP contribution in [0.15, 0.2) is 59.4 Å². The highest BCUT2D eigenvalue weighted by molar-refractivity contribution is 5.81. The first-order valence-electron chi connectivity index (χ1n) is 7.20. The maximum absolute atomic E-state index is 12.0. The van der Waals surface area contributed by atoms with Gasteiger partial charge in [0.15, 0.2) is 0 Å². The number of nitrogens with one attached hydrogen (secondary N) is 2. The van der Waals surface area contributed by atoms with Crippen LogP contribution in [0.2, 0.25) is 0 Å². The van der Waals surface area contributed by atoms with Gasteiger partial charge in [-0.25, -0.2) is 0 Å². The fourth-order valence-corrected chi connectivity index (χ4v) is 2.37. The highest BCUT2D eigenvalue weighted by Crippen LogP contribution is 2.13. The molecule has 0 fully saturated rings. The Bertz CT molecular complexity index is 803. The predicted octanol–water partition coefficient (Wildman–Crippen LogP) is 3.70. The Morgan fingerprint density at radius 2 is 1.71 bits per heavy atom. The maximum atomic E-state index is 12.0. The Labute approximate surface area is 123 Å². The molecule has 21 heavy (non-hydrogen) atoms. The summed E-state index contributed by atoms with van der Waals surface area (Å²) in [5.74, 6) is 0. The summed E-state index contributed by atoms with van der Waals surface area (Å²) in [4.78, 5) is 14.9. The van der Waals surface area contributed by atoms with Crippen molar-refractivity contribution < 1.29 is 0 Å². The molecular weight excluding hydrogens is 260 g/mol. The zero-order chi connectivity index (χ0) is 14.7. The summed E-state index contributed by atoms with van der Waals surface area (Å²) in [5.41, 5.74) is 3.87. The van der Waals surface area contributed by atoms with Gasteiger partial charge in [0, 0.05) is 17.4 Å². The van der Waals surface area contributed by atoms with Crippen molar-refractivity contribution in [3.05, 3.63) is 76.1 Å². The van der Waals surface area contributed by atoms with Crippen LogP contribution >= 0.6 is 0 Å². The summed E-state index contributed by atoms with van der Waals surface area (Å²) in [6.45, 7) is 2.79. The van der Waals surface area contributed by atoms with Crippen LogP contribution in [0.5, 0.6) is 0 Å². The van der Waals surface area contributed by atoms with Gasteiger partial charge in [-0.1, -0.05) is 49.4 Å². The van der Waals surface area contributed by atoms with Crippen molar-refractivity contribution in [3.8, 4) is 0 Å². The van der Waals surface area contributed by atoms with Crippen LogP contribution in [0.3, 0.4) is 0 Å². The molecule has 1 aromatic heterocycles. The van der Waals surface area contributed by atoms with Gasteiger partial charge < -0.3 is 10.3 Å². The van der Waals surface area contributed by atoms with Crippen molar-refractivity contribution in [3.63, 3.8) is 0 Å². The molecule has 3 rings (SSSR count). The fraction of sp³-hybridized carbons (Fsp3) is 0.167. The molecule has 0 aliphatic carbocycles. The van der Waals surface area contributed by atoms with Gasteiger partial charge >= 0.3 is 0 Å². The average Bonchev–Trinajstić information content (AvgIpc) is 2.53. The molecule has 0 amide bonds. The molecular formula is C18H18N2O. The van der Waals surface area contributed by atoms with Gasteiger partial charge in [-0.05, 0) is 29.7 Å². The van der Waals surface area contributed by atoms with Gasteiger partial charge in [0.05, 0.1) is 0 Å². The molecule has 0 unspecified atom stereocenters. The number of aromatic amines is 1. The smallest absolute Gasteiger partial charge is 0.271 e. The lowest BCUT2D eigenvalue weighted by Crippen LogP contribution is -2.13. The molecule has 0 bridgehead atoms. The molecule has 0 spiro atoms. The second kappa shape index (κ2) is 5.83. The number of anilines is 1. The van der Waals surface area contributed by atoms with Gasteiger partial charge in [0.25, 0.3) is 5.56 Å². The second-order valence-electron chi connectivity index (χ2n) is 5.12. The number of hydrogen-bond donors (Lipinski definition) is 2. The molecule has 2 aromatic carbocycles. The molecule has 0 saturated heterocycles. The largest absolute Gasteiger partial charge is 0.376 e. The van der Waals surface area contributed by atoms with Crippen LogP contribution in [0.25, 0.3) is 10.9 Å². The van der Waals surface area contributed by atoms with Gasteiger partial charge in [-0.15, -0.1) is 0 Å². The zero-order valence-electron chi connectivity index (χ0n) is 12.0. The maximum Gasteiger partial charge on any atom is 0.271 e. The molecule has 0 atom stereocenters. The highest BCUT2D eigenvalue weighted by Gasteiger charge is 2.02. The third kappa shape index (κ3) is 2.97. The molecule has 3 heteroatoms. The normalized spacial score (nSPS) is 10.7. The number of para-hydroxylation sites is 1. The first kappa shape index (κ1) is 13.4. The van der Waals surface area contributed by atoms with Crippen molar-refractivity contribution in [2.75, 3.05) is 5.32 Å². The van der Waals surface area contributed by atoms with E-state index in [1.807, 2.05) is 30.3 Å². The van der Waals surface area contributed by atoms with Crippen molar-refractivity contribution in [1.29, 1.82) is 0 Å². The van der Waals surface area contributed by atoms with E-state index in [9.17, 15) is 4.79 Å². The van der Waals surface area contributed by atoms with E-state index in [4.69, 9.17) is 0 Å². The number of rotatable bonds is 4. The number of benzene rings is 2. The minimum atomic E-state index is -0.0844. The minimum Gasteiger partial charge on any atom is -0.376 e. The number of pyridine rings is 1. The number of hydrogen-bond acceptors (Lipinski definition) is 2. The molecule has 0 aliphatic rings. The van der Waals surface area contributed by atoms with E-state index in [1.54, 1.807) is 0 Å². The molecule has 2 N–H and O–H groups in total. The van der Waals surface area contributed by atoms with Crippen LogP contribution in [0.1, 0.15) is 18.1 Å². The standard InChI is InChI=1S/C18H18N2O/c1-2-13-7-9-14(10-8-13)12-19-17-11-15-5-3-4-6-16(15)20-18(17)21/h3-11,19H,2,12H2,1H3,(H,20,21). The van der Waals surface area contributed by atoms with E-state index in [0.29, 0.717) is 12.2 Å². The Kier molecular flexibility index (Phi) is 3.73. The SMILES string of the molecule is CCc1ccc(CNc2cc3ccccc3[nH]c2=O)cc1. The highest BCUT2D eigenvalue weighted by atomic mass is 16.1. The van der Waals surface area contributed by atoms with Gasteiger partial charge in [-0.2, -0.15) is 0 Å². The molecule has 1 heterocycles. The van der Waals surface area contributed by atoms with E-state index in [2.05, 4.69) is 41.5 Å². The van der Waals surface area contributed by atoms with Crippen LogP contribution in [0, 0.1) is 0 Å². The number of H-pyrrole nitrogens is 1. The first-order chi connectivity index (χ1) is 10.3. The number of fused-ring (bicyclic) bond motifs is 1. The molecule has 3 aromatic rings. The van der Waals surface area contributed by atoms with E-state index in [1.165, 1.54) is 11.1 Å². The van der Waals surface area contributed by atoms with Gasteiger partial charge in [0.1, 0.15) is 5.69 Å². The van der Waals surface area contributed by atoms with E-state index in [-0.39, 0.29) is 5.56 Å². The summed E-state index contributed by atoms with van der Waals surface area (Å²) < 4.78 is 0. The number of aromatic nitrogens is 1. The second-order valence-corrected chi connectivity index (χ2v) is 5.12. The summed E-state index contributed by atoms with van der Waals surface area (Å²) in [6.07, 6.45) is 1.04. The monoisotopic (exact) mass is 278 g/mol. The molecule has 106 valence electrons. The lowest BCUT2D eigenvalue weighted by atomic mass is 10.1. The molecule has 0 saturated carbocycles. The topological polar surface area (TPSA) is 44.9 Å². The predicted molar refractivity (Wildman–Crippen MR) is 87.7 cm³/mol. The van der Waals surface area contributed by atoms with Crippen LogP contribution in [0.4, 0.5) is 5.69 Å². The first-order valence-corrected chi connectivity index (χ1v) is 7.20. The van der Waals surface area contributed by atoms with E-state index >= 15 is 0 Å². The lowest BCUT2D eigenvalue weighted by molar-refractivity contribution is 1.10. The van der Waals surface area contributed by atoms with Crippen LogP contribution < -0.4 is 10.9 Å². The van der Waals surface area contributed by atoms with E-state index in [0.717, 1.165) is 17.3 Å². The van der Waals surface area contributed by atoms with Crippen molar-refractivity contribution in [1.82, 2.24) is 4.98 Å². The third-order valence-electron chi connectivity index (χ3n) is 3.67. The fourth-order valence-electron chi connectivity index (χ4n) is 2.37. The summed E-state index contributed by atoms with van der Waals surface area (Å²) in [7, 11) is 0. The summed E-state index contributed by atoms with van der Waals surface area (Å²) in [5, 5.41) is 4.24. The number of aryl methyl sites for hydroxylation is 1. The molecule has 0 aliphatic heterocycles. The molecule has 0 radical (unpaired) electrons. The quantitative estimate of drug-likeness (QED) is 0.764. The van der Waals surface area contributed by atoms with Crippen molar-refractivity contribution in [2.24, 2.45) is 0 Å². The Morgan fingerprint density at radius 1 is 1.00 bits per heavy atom. The van der Waals surface area contributed by atoms with Crippen LogP contribution in [-0.4, -0.2) is 4.98 Å². The Hall–Kier alpha value is -2.55. The Morgan fingerprint density at radius 3 is 2.48 bits per heavy atom. The third-order valence-corrected chi connectivity index (χ3v) is 3.67. The summed E-state index contributed by atoms with van der Waals surface area (Å²) >= 11 is 0. The average molecular weight is 278 g/mol. The lowest BCUT2D eigenvalue weighted by Gasteiger charge is -2.07. The van der Waals surface area contributed by atoms with Gasteiger partial charge in [-0.3, -0.25) is 4.79 Å². The van der Waals surface area contributed by atoms with Crippen LogP contribution in [-0.2, 0) is 13.0 Å².